The minimum Gasteiger partial charge on any atom is -0.208 e. The summed E-state index contributed by atoms with van der Waals surface area (Å²) in [5, 5.41) is 9.54. The summed E-state index contributed by atoms with van der Waals surface area (Å²) in [6, 6.07) is 56.5. The average molecular weight is 641 g/mol. The molecular formula is C46H32N4. The lowest BCUT2D eigenvalue weighted by atomic mass is 9.89. The maximum Gasteiger partial charge on any atom is 0.164 e. The summed E-state index contributed by atoms with van der Waals surface area (Å²) in [6.45, 7) is 0. The van der Waals surface area contributed by atoms with Gasteiger partial charge in [-0.15, -0.1) is 0 Å². The molecule has 50 heavy (non-hydrogen) atoms. The fourth-order valence-corrected chi connectivity index (χ4v) is 6.45. The van der Waals surface area contributed by atoms with Gasteiger partial charge in [0.25, 0.3) is 0 Å². The first-order valence-corrected chi connectivity index (χ1v) is 16.8. The second-order valence-corrected chi connectivity index (χ2v) is 12.3. The van der Waals surface area contributed by atoms with Crippen LogP contribution in [0, 0.1) is 11.3 Å². The van der Waals surface area contributed by atoms with Crippen LogP contribution >= 0.6 is 0 Å². The molecule has 1 heterocycles. The van der Waals surface area contributed by atoms with Crippen LogP contribution in [0.2, 0.25) is 0 Å². The fourth-order valence-electron chi connectivity index (χ4n) is 6.45. The van der Waals surface area contributed by atoms with Crippen molar-refractivity contribution in [3.63, 3.8) is 0 Å². The van der Waals surface area contributed by atoms with Crippen LogP contribution in [-0.2, 0) is 0 Å². The number of aromatic nitrogens is 3. The maximum atomic E-state index is 9.54. The van der Waals surface area contributed by atoms with Crippen molar-refractivity contribution >= 4 is 11.1 Å². The molecule has 0 saturated carbocycles. The molecule has 0 atom stereocenters. The van der Waals surface area contributed by atoms with E-state index in [0.717, 1.165) is 29.5 Å². The number of nitrogens with zero attached hydrogens (tertiary/aromatic N) is 4. The molecule has 0 spiro atoms. The lowest BCUT2D eigenvalue weighted by Crippen LogP contribution is -2.04. The molecule has 0 fully saturated rings. The molecule has 0 saturated heterocycles. The summed E-state index contributed by atoms with van der Waals surface area (Å²) in [7, 11) is 0. The Morgan fingerprint density at radius 2 is 0.900 bits per heavy atom. The Morgan fingerprint density at radius 3 is 1.54 bits per heavy atom. The zero-order valence-corrected chi connectivity index (χ0v) is 27.4. The van der Waals surface area contributed by atoms with Gasteiger partial charge in [-0.2, -0.15) is 5.26 Å². The van der Waals surface area contributed by atoms with Crippen molar-refractivity contribution < 1.29 is 0 Å². The molecule has 0 N–H and O–H groups in total. The maximum absolute atomic E-state index is 9.54. The van der Waals surface area contributed by atoms with Gasteiger partial charge in [0.05, 0.1) is 11.6 Å². The number of nitriles is 1. The SMILES string of the molecule is N#Cc1cccc(-c2nc(C3=CCCC(c4cccc(-c5cc(-c6ccccc6)cc(-c6ccccc6)c5)c4)=C3)nc(-c3ccccc3)n2)c1. The van der Waals surface area contributed by atoms with Gasteiger partial charge in [0.15, 0.2) is 17.5 Å². The summed E-state index contributed by atoms with van der Waals surface area (Å²) in [5.41, 5.74) is 12.7. The fraction of sp³-hybridized carbons (Fsp3) is 0.0435. The van der Waals surface area contributed by atoms with Crippen molar-refractivity contribution in [1.82, 2.24) is 15.0 Å². The normalized spacial score (nSPS) is 12.5. The second kappa shape index (κ2) is 13.8. The lowest BCUT2D eigenvalue weighted by Gasteiger charge is -2.16. The van der Waals surface area contributed by atoms with E-state index in [0.29, 0.717) is 23.0 Å². The minimum atomic E-state index is 0.543. The molecular weight excluding hydrogens is 609 g/mol. The predicted molar refractivity (Wildman–Crippen MR) is 203 cm³/mol. The van der Waals surface area contributed by atoms with Crippen LogP contribution in [0.4, 0.5) is 0 Å². The van der Waals surface area contributed by atoms with Crippen molar-refractivity contribution in [2.45, 2.75) is 12.8 Å². The van der Waals surface area contributed by atoms with Gasteiger partial charge in [-0.3, -0.25) is 0 Å². The van der Waals surface area contributed by atoms with Crippen LogP contribution in [0.25, 0.3) is 67.3 Å². The second-order valence-electron chi connectivity index (χ2n) is 12.3. The van der Waals surface area contributed by atoms with Crippen molar-refractivity contribution in [3.05, 3.63) is 187 Å². The van der Waals surface area contributed by atoms with Crippen LogP contribution in [0.15, 0.2) is 170 Å². The van der Waals surface area contributed by atoms with Crippen LogP contribution in [-0.4, -0.2) is 15.0 Å². The molecule has 236 valence electrons. The first-order valence-electron chi connectivity index (χ1n) is 16.8. The van der Waals surface area contributed by atoms with Crippen LogP contribution in [0.3, 0.4) is 0 Å². The summed E-state index contributed by atoms with van der Waals surface area (Å²) in [5.74, 6) is 1.76. The number of benzene rings is 6. The minimum absolute atomic E-state index is 0.543. The third kappa shape index (κ3) is 6.54. The van der Waals surface area contributed by atoms with E-state index in [1.54, 1.807) is 6.07 Å². The summed E-state index contributed by atoms with van der Waals surface area (Å²) in [6.07, 6.45) is 6.22. The van der Waals surface area contributed by atoms with E-state index in [1.807, 2.05) is 48.5 Å². The number of allylic oxidation sites excluding steroid dienone is 4. The van der Waals surface area contributed by atoms with E-state index in [-0.39, 0.29) is 0 Å². The van der Waals surface area contributed by atoms with Crippen LogP contribution in [0.5, 0.6) is 0 Å². The smallest absolute Gasteiger partial charge is 0.164 e. The van der Waals surface area contributed by atoms with Gasteiger partial charge >= 0.3 is 0 Å². The Hall–Kier alpha value is -6.70. The molecule has 0 amide bonds. The highest BCUT2D eigenvalue weighted by atomic mass is 15.0. The van der Waals surface area contributed by atoms with Crippen LogP contribution in [0.1, 0.15) is 29.8 Å². The van der Waals surface area contributed by atoms with Crippen molar-refractivity contribution in [2.24, 2.45) is 0 Å². The zero-order valence-electron chi connectivity index (χ0n) is 27.4. The molecule has 1 aliphatic carbocycles. The molecule has 0 aliphatic heterocycles. The molecule has 7 aromatic rings. The van der Waals surface area contributed by atoms with Crippen LogP contribution < -0.4 is 0 Å². The lowest BCUT2D eigenvalue weighted by molar-refractivity contribution is 1.01. The number of hydrogen-bond donors (Lipinski definition) is 0. The first-order chi connectivity index (χ1) is 24.7. The molecule has 0 bridgehead atoms. The third-order valence-electron chi connectivity index (χ3n) is 9.00. The Kier molecular flexibility index (Phi) is 8.45. The highest BCUT2D eigenvalue weighted by Gasteiger charge is 2.17. The van der Waals surface area contributed by atoms with E-state index in [1.165, 1.54) is 44.5 Å². The topological polar surface area (TPSA) is 62.5 Å². The van der Waals surface area contributed by atoms with Gasteiger partial charge in [-0.05, 0) is 99.8 Å². The van der Waals surface area contributed by atoms with Gasteiger partial charge in [0, 0.05) is 16.7 Å². The molecule has 1 aliphatic rings. The molecule has 0 radical (unpaired) electrons. The average Bonchev–Trinajstić information content (AvgIpc) is 3.21. The van der Waals surface area contributed by atoms with Gasteiger partial charge in [0.2, 0.25) is 0 Å². The van der Waals surface area contributed by atoms with E-state index in [4.69, 9.17) is 15.0 Å². The van der Waals surface area contributed by atoms with E-state index >= 15 is 0 Å². The Balaban J connectivity index is 1.19. The first kappa shape index (κ1) is 30.6. The standard InChI is InChI=1S/C46H32N4/c47-31-32-13-10-23-39(25-32)45-48-44(35-18-8-3-9-19-35)49-46(50-45)40-24-12-21-37(27-40)36-20-11-22-38(26-36)43-29-41(33-14-4-1-5-15-33)28-42(30-43)34-16-6-2-7-17-34/h1-11,13-20,22-30H,12,21H2. The Labute approximate surface area is 292 Å². The van der Waals surface area contributed by atoms with Gasteiger partial charge < -0.3 is 0 Å². The number of hydrogen-bond acceptors (Lipinski definition) is 4. The summed E-state index contributed by atoms with van der Waals surface area (Å²) < 4.78 is 0. The number of rotatable bonds is 7. The Morgan fingerprint density at radius 1 is 0.420 bits per heavy atom. The van der Waals surface area contributed by atoms with E-state index in [9.17, 15) is 5.26 Å². The third-order valence-corrected chi connectivity index (χ3v) is 9.00. The highest BCUT2D eigenvalue weighted by molar-refractivity contribution is 5.87. The Bertz CT molecular complexity index is 2360. The molecule has 4 heteroatoms. The van der Waals surface area contributed by atoms with Crippen molar-refractivity contribution in [2.75, 3.05) is 0 Å². The molecule has 1 aromatic heterocycles. The highest BCUT2D eigenvalue weighted by Crippen LogP contribution is 2.36. The molecule has 8 rings (SSSR count). The van der Waals surface area contributed by atoms with Gasteiger partial charge in [-0.1, -0.05) is 127 Å². The van der Waals surface area contributed by atoms with Gasteiger partial charge in [0.1, 0.15) is 0 Å². The summed E-state index contributed by atoms with van der Waals surface area (Å²) >= 11 is 0. The molecule has 6 aromatic carbocycles. The van der Waals surface area contributed by atoms with E-state index < -0.39 is 0 Å². The van der Waals surface area contributed by atoms with Crippen molar-refractivity contribution in [1.29, 1.82) is 5.26 Å². The summed E-state index contributed by atoms with van der Waals surface area (Å²) in [4.78, 5) is 14.8. The monoisotopic (exact) mass is 640 g/mol. The van der Waals surface area contributed by atoms with Crippen molar-refractivity contribution in [3.8, 4) is 62.2 Å². The van der Waals surface area contributed by atoms with E-state index in [2.05, 4.69) is 121 Å². The predicted octanol–water partition coefficient (Wildman–Crippen LogP) is 11.3. The zero-order chi connectivity index (χ0) is 33.7. The molecule has 0 unspecified atom stereocenters. The largest absolute Gasteiger partial charge is 0.208 e. The van der Waals surface area contributed by atoms with Gasteiger partial charge in [-0.25, -0.2) is 15.0 Å². The molecule has 4 nitrogen and oxygen atoms in total. The quantitative estimate of drug-likeness (QED) is 0.174.